The molecule has 20 heavy (non-hydrogen) atoms. The lowest BCUT2D eigenvalue weighted by Crippen LogP contribution is -2.30. The molecule has 2 aromatic rings. The summed E-state index contributed by atoms with van der Waals surface area (Å²) in [5.74, 6) is 7.65. The summed E-state index contributed by atoms with van der Waals surface area (Å²) < 4.78 is 7.64. The van der Waals surface area contributed by atoms with Crippen molar-refractivity contribution in [1.29, 1.82) is 0 Å². The molecule has 0 amide bonds. The molecule has 1 atom stereocenters. The van der Waals surface area contributed by atoms with Gasteiger partial charge in [-0.05, 0) is 38.8 Å². The molecule has 0 spiro atoms. The Morgan fingerprint density at radius 1 is 1.35 bits per heavy atom. The van der Waals surface area contributed by atoms with Crippen molar-refractivity contribution in [3.05, 3.63) is 40.1 Å². The minimum absolute atomic E-state index is 0.0348. The van der Waals surface area contributed by atoms with Gasteiger partial charge in [0.05, 0.1) is 11.7 Å². The molecule has 0 aromatic carbocycles. The molecule has 5 nitrogen and oxygen atoms in total. The molecule has 1 unspecified atom stereocenters. The van der Waals surface area contributed by atoms with E-state index in [1.807, 2.05) is 25.6 Å². The van der Waals surface area contributed by atoms with E-state index in [1.54, 1.807) is 0 Å². The highest BCUT2D eigenvalue weighted by atomic mass is 16.3. The van der Waals surface area contributed by atoms with Gasteiger partial charge in [-0.3, -0.25) is 16.0 Å². The van der Waals surface area contributed by atoms with Crippen LogP contribution in [-0.2, 0) is 19.9 Å². The van der Waals surface area contributed by atoms with E-state index in [1.165, 1.54) is 11.3 Å². The second kappa shape index (κ2) is 5.81. The molecule has 2 rings (SSSR count). The van der Waals surface area contributed by atoms with Crippen molar-refractivity contribution in [1.82, 2.24) is 15.2 Å². The van der Waals surface area contributed by atoms with Crippen molar-refractivity contribution >= 4 is 0 Å². The Labute approximate surface area is 120 Å². The van der Waals surface area contributed by atoms with E-state index in [9.17, 15) is 0 Å². The summed E-state index contributed by atoms with van der Waals surface area (Å²) in [6.07, 6.45) is 1.73. The van der Waals surface area contributed by atoms with E-state index in [2.05, 4.69) is 30.4 Å². The maximum absolute atomic E-state index is 5.77. The van der Waals surface area contributed by atoms with E-state index in [4.69, 9.17) is 10.3 Å². The number of hydrogen-bond acceptors (Lipinski definition) is 4. The fraction of sp³-hybridized carbons (Fsp3) is 0.533. The molecule has 2 aromatic heterocycles. The predicted molar refractivity (Wildman–Crippen MR) is 79.3 cm³/mol. The van der Waals surface area contributed by atoms with Crippen LogP contribution in [0.25, 0.3) is 0 Å². The van der Waals surface area contributed by atoms with Crippen LogP contribution in [0.5, 0.6) is 0 Å². The topological polar surface area (TPSA) is 69.0 Å². The van der Waals surface area contributed by atoms with Gasteiger partial charge in [0.15, 0.2) is 0 Å². The first-order valence-electron chi connectivity index (χ1n) is 7.02. The van der Waals surface area contributed by atoms with Crippen molar-refractivity contribution in [2.75, 3.05) is 0 Å². The number of aromatic nitrogens is 2. The van der Waals surface area contributed by atoms with Crippen molar-refractivity contribution in [2.45, 2.75) is 46.6 Å². The van der Waals surface area contributed by atoms with Crippen LogP contribution in [0.1, 0.15) is 47.0 Å². The summed E-state index contributed by atoms with van der Waals surface area (Å²) in [5, 5.41) is 4.48. The molecule has 0 aliphatic rings. The van der Waals surface area contributed by atoms with Gasteiger partial charge >= 0.3 is 0 Å². The maximum Gasteiger partial charge on any atom is 0.106 e. The van der Waals surface area contributed by atoms with Gasteiger partial charge in [0.1, 0.15) is 11.5 Å². The molecule has 0 saturated carbocycles. The molecular formula is C15H24N4O. The number of rotatable bonds is 5. The van der Waals surface area contributed by atoms with Crippen LogP contribution in [0.2, 0.25) is 0 Å². The highest BCUT2D eigenvalue weighted by Crippen LogP contribution is 2.29. The van der Waals surface area contributed by atoms with Gasteiger partial charge in [0.25, 0.3) is 0 Å². The van der Waals surface area contributed by atoms with Gasteiger partial charge in [-0.15, -0.1) is 0 Å². The lowest BCUT2D eigenvalue weighted by atomic mass is 9.98. The molecule has 0 aliphatic carbocycles. The molecule has 3 N–H and O–H groups in total. The highest BCUT2D eigenvalue weighted by Gasteiger charge is 2.21. The van der Waals surface area contributed by atoms with Crippen LogP contribution in [-0.4, -0.2) is 9.78 Å². The normalized spacial score (nSPS) is 12.9. The molecule has 5 heteroatoms. The second-order valence-electron chi connectivity index (χ2n) is 5.28. The minimum atomic E-state index is 0.0348. The van der Waals surface area contributed by atoms with Gasteiger partial charge in [0.2, 0.25) is 0 Å². The third-order valence-electron chi connectivity index (χ3n) is 3.97. The van der Waals surface area contributed by atoms with Gasteiger partial charge in [0, 0.05) is 24.7 Å². The van der Waals surface area contributed by atoms with Crippen molar-refractivity contribution in [3.63, 3.8) is 0 Å². The Balaban J connectivity index is 2.31. The number of nitrogens with zero attached hydrogens (tertiary/aromatic N) is 2. The number of furan rings is 1. The third kappa shape index (κ3) is 2.64. The molecule has 0 fully saturated rings. The first-order valence-corrected chi connectivity index (χ1v) is 7.02. The van der Waals surface area contributed by atoms with Crippen LogP contribution in [0.3, 0.4) is 0 Å². The van der Waals surface area contributed by atoms with Crippen molar-refractivity contribution < 1.29 is 4.42 Å². The molecule has 0 bridgehead atoms. The van der Waals surface area contributed by atoms with E-state index in [-0.39, 0.29) is 6.04 Å². The van der Waals surface area contributed by atoms with Gasteiger partial charge in [-0.25, -0.2) is 0 Å². The zero-order chi connectivity index (χ0) is 14.9. The smallest absolute Gasteiger partial charge is 0.106 e. The quantitative estimate of drug-likeness (QED) is 0.649. The second-order valence-corrected chi connectivity index (χ2v) is 5.28. The summed E-state index contributed by atoms with van der Waals surface area (Å²) in [7, 11) is 1.97. The number of hydrogen-bond donors (Lipinski definition) is 2. The SMILES string of the molecule is CCc1cc(CC(NN)c2c(C)oc(C)c2C)n(C)n1. The fourth-order valence-electron chi connectivity index (χ4n) is 2.71. The molecule has 110 valence electrons. The highest BCUT2D eigenvalue weighted by molar-refractivity contribution is 5.35. The average Bonchev–Trinajstić information content (AvgIpc) is 2.89. The lowest BCUT2D eigenvalue weighted by Gasteiger charge is -2.16. The summed E-state index contributed by atoms with van der Waals surface area (Å²) in [4.78, 5) is 0. The Morgan fingerprint density at radius 2 is 2.05 bits per heavy atom. The summed E-state index contributed by atoms with van der Waals surface area (Å²) in [6, 6.07) is 2.18. The van der Waals surface area contributed by atoms with E-state index >= 15 is 0 Å². The molecule has 0 saturated heterocycles. The van der Waals surface area contributed by atoms with Crippen LogP contribution in [0.4, 0.5) is 0 Å². The molecular weight excluding hydrogens is 252 g/mol. The summed E-state index contributed by atoms with van der Waals surface area (Å²) >= 11 is 0. The zero-order valence-corrected chi connectivity index (χ0v) is 12.9. The number of hydrazine groups is 1. The largest absolute Gasteiger partial charge is 0.466 e. The summed E-state index contributed by atoms with van der Waals surface area (Å²) in [5.41, 5.74) is 7.52. The maximum atomic E-state index is 5.77. The Bertz CT molecular complexity index is 597. The van der Waals surface area contributed by atoms with Gasteiger partial charge in [-0.2, -0.15) is 5.10 Å². The van der Waals surface area contributed by atoms with Crippen LogP contribution in [0.15, 0.2) is 10.5 Å². The molecule has 0 aliphatic heterocycles. The van der Waals surface area contributed by atoms with Gasteiger partial charge in [-0.1, -0.05) is 6.92 Å². The first kappa shape index (κ1) is 14.8. The number of nitrogens with two attached hydrogens (primary N) is 1. The molecule has 0 radical (unpaired) electrons. The van der Waals surface area contributed by atoms with Crippen molar-refractivity contribution in [3.8, 4) is 0 Å². The molecule has 2 heterocycles. The van der Waals surface area contributed by atoms with Gasteiger partial charge < -0.3 is 4.42 Å². The van der Waals surface area contributed by atoms with E-state index < -0.39 is 0 Å². The third-order valence-corrected chi connectivity index (χ3v) is 3.97. The van der Waals surface area contributed by atoms with E-state index in [0.29, 0.717) is 0 Å². The van der Waals surface area contributed by atoms with Crippen molar-refractivity contribution in [2.24, 2.45) is 12.9 Å². The Kier molecular flexibility index (Phi) is 4.30. The minimum Gasteiger partial charge on any atom is -0.466 e. The Hall–Kier alpha value is -1.59. The first-order chi connectivity index (χ1) is 9.47. The number of nitrogens with one attached hydrogen (secondary N) is 1. The standard InChI is InChI=1S/C15H24N4O/c1-6-12-7-13(19(5)18-12)8-14(17-16)15-9(2)10(3)20-11(15)4/h7,14,17H,6,8,16H2,1-5H3. The van der Waals surface area contributed by atoms with Crippen LogP contribution >= 0.6 is 0 Å². The Morgan fingerprint density at radius 3 is 2.50 bits per heavy atom. The monoisotopic (exact) mass is 276 g/mol. The number of aryl methyl sites for hydroxylation is 4. The van der Waals surface area contributed by atoms with Crippen LogP contribution in [0, 0.1) is 20.8 Å². The average molecular weight is 276 g/mol. The fourth-order valence-corrected chi connectivity index (χ4v) is 2.71. The predicted octanol–water partition coefficient (Wildman–Crippen LogP) is 2.25. The lowest BCUT2D eigenvalue weighted by molar-refractivity contribution is 0.480. The van der Waals surface area contributed by atoms with Crippen LogP contribution < -0.4 is 11.3 Å². The zero-order valence-electron chi connectivity index (χ0n) is 12.9. The van der Waals surface area contributed by atoms with E-state index in [0.717, 1.165) is 35.6 Å². The summed E-state index contributed by atoms with van der Waals surface area (Å²) in [6.45, 7) is 8.16.